The van der Waals surface area contributed by atoms with E-state index in [1.165, 1.54) is 0 Å². The van der Waals surface area contributed by atoms with Gasteiger partial charge in [0.15, 0.2) is 15.8 Å². The summed E-state index contributed by atoms with van der Waals surface area (Å²) >= 11 is 0. The number of nitrogens with zero attached hydrogens (tertiary/aromatic N) is 4. The van der Waals surface area contributed by atoms with Crippen LogP contribution in [-0.2, 0) is 21.2 Å². The summed E-state index contributed by atoms with van der Waals surface area (Å²) in [5.74, 6) is 0.862. The highest BCUT2D eigenvalue weighted by molar-refractivity contribution is 7.91. The second-order valence-corrected chi connectivity index (χ2v) is 9.64. The summed E-state index contributed by atoms with van der Waals surface area (Å²) < 4.78 is 27.9. The number of carbonyl (C=O) groups excluding carboxylic acids is 1. The van der Waals surface area contributed by atoms with Crippen molar-refractivity contribution in [2.24, 2.45) is 4.99 Å². The zero-order valence-corrected chi connectivity index (χ0v) is 17.7. The molecule has 0 aromatic carbocycles. The minimum Gasteiger partial charge on any atom is -0.364 e. The van der Waals surface area contributed by atoms with Crippen LogP contribution in [-0.4, -0.2) is 92.1 Å². The van der Waals surface area contributed by atoms with Gasteiger partial charge in [-0.1, -0.05) is 5.16 Å². The van der Waals surface area contributed by atoms with Gasteiger partial charge in [0.1, 0.15) is 6.26 Å². The number of aromatic nitrogens is 1. The predicted molar refractivity (Wildman–Crippen MR) is 109 cm³/mol. The molecule has 11 heteroatoms. The molecule has 2 aliphatic heterocycles. The van der Waals surface area contributed by atoms with Crippen molar-refractivity contribution in [1.29, 1.82) is 0 Å². The quantitative estimate of drug-likeness (QED) is 0.440. The lowest BCUT2D eigenvalue weighted by atomic mass is 10.2. The first-order chi connectivity index (χ1) is 13.9. The first kappa shape index (κ1) is 21.6. The summed E-state index contributed by atoms with van der Waals surface area (Å²) in [6.45, 7) is 7.39. The minimum atomic E-state index is -2.99. The maximum atomic E-state index is 12.1. The van der Waals surface area contributed by atoms with Crippen LogP contribution in [0.4, 0.5) is 0 Å². The van der Waals surface area contributed by atoms with E-state index in [4.69, 9.17) is 4.52 Å². The molecule has 1 aromatic heterocycles. The molecule has 0 aliphatic carbocycles. The summed E-state index contributed by atoms with van der Waals surface area (Å²) in [5, 5.41) is 10.1. The van der Waals surface area contributed by atoms with Gasteiger partial charge in [-0.05, 0) is 13.3 Å². The lowest BCUT2D eigenvalue weighted by Gasteiger charge is -2.36. The molecule has 1 aromatic rings. The second-order valence-electron chi connectivity index (χ2n) is 7.41. The summed E-state index contributed by atoms with van der Waals surface area (Å²) in [7, 11) is -2.99. The van der Waals surface area contributed by atoms with Crippen molar-refractivity contribution in [3.05, 3.63) is 18.0 Å². The van der Waals surface area contributed by atoms with Crippen molar-refractivity contribution in [3.63, 3.8) is 0 Å². The molecular weight excluding hydrogens is 396 g/mol. The summed E-state index contributed by atoms with van der Waals surface area (Å²) in [4.78, 5) is 21.2. The third kappa shape index (κ3) is 6.70. The SMILES string of the molecule is CCNC(=NCCC(=O)NC1CCS(=O)(=O)C1)N1CCN(Cc2ccon2)CC1. The number of carbonyl (C=O) groups is 1. The molecule has 2 N–H and O–H groups in total. The average Bonchev–Trinajstić information content (AvgIpc) is 3.31. The van der Waals surface area contributed by atoms with Crippen LogP contribution in [0.15, 0.2) is 21.8 Å². The number of aliphatic imine (C=N–C) groups is 1. The Morgan fingerprint density at radius 2 is 2.14 bits per heavy atom. The molecular formula is C18H30N6O4S. The molecule has 2 aliphatic rings. The number of sulfone groups is 1. The molecule has 3 rings (SSSR count). The molecule has 1 unspecified atom stereocenters. The van der Waals surface area contributed by atoms with Gasteiger partial charge in [0.25, 0.3) is 0 Å². The fraction of sp³-hybridized carbons (Fsp3) is 0.722. The lowest BCUT2D eigenvalue weighted by Crippen LogP contribution is -2.52. The van der Waals surface area contributed by atoms with Crippen molar-refractivity contribution < 1.29 is 17.7 Å². The highest BCUT2D eigenvalue weighted by Gasteiger charge is 2.28. The Balaban J connectivity index is 1.43. The van der Waals surface area contributed by atoms with Crippen LogP contribution in [0, 0.1) is 0 Å². The van der Waals surface area contributed by atoms with Crippen LogP contribution in [0.2, 0.25) is 0 Å². The molecule has 10 nitrogen and oxygen atoms in total. The molecule has 0 spiro atoms. The molecule has 0 bridgehead atoms. The number of rotatable bonds is 7. The van der Waals surface area contributed by atoms with Crippen molar-refractivity contribution in [1.82, 2.24) is 25.6 Å². The van der Waals surface area contributed by atoms with Gasteiger partial charge in [-0.15, -0.1) is 0 Å². The topological polar surface area (TPSA) is 120 Å². The highest BCUT2D eigenvalue weighted by atomic mass is 32.2. The monoisotopic (exact) mass is 426 g/mol. The first-order valence-electron chi connectivity index (χ1n) is 10.1. The number of piperazine rings is 1. The molecule has 162 valence electrons. The number of nitrogens with one attached hydrogen (secondary N) is 2. The van der Waals surface area contributed by atoms with E-state index >= 15 is 0 Å². The Morgan fingerprint density at radius 1 is 1.34 bits per heavy atom. The maximum absolute atomic E-state index is 12.1. The van der Waals surface area contributed by atoms with E-state index < -0.39 is 9.84 Å². The molecule has 0 radical (unpaired) electrons. The van der Waals surface area contributed by atoms with Crippen molar-refractivity contribution in [2.75, 3.05) is 50.8 Å². The molecule has 2 saturated heterocycles. The standard InChI is InChI=1S/C18H30N6O4S/c1-2-19-18(20-6-3-17(25)21-16-5-12-29(26,27)14-16)24-9-7-23(8-10-24)13-15-4-11-28-22-15/h4,11,16H,2-3,5-10,12-14H2,1H3,(H,19,20)(H,21,25). The van der Waals surface area contributed by atoms with Crippen LogP contribution in [0.25, 0.3) is 0 Å². The van der Waals surface area contributed by atoms with Crippen LogP contribution in [0.5, 0.6) is 0 Å². The number of hydrogen-bond donors (Lipinski definition) is 2. The zero-order valence-electron chi connectivity index (χ0n) is 16.8. The van der Waals surface area contributed by atoms with Gasteiger partial charge < -0.3 is 20.1 Å². The largest absolute Gasteiger partial charge is 0.364 e. The van der Waals surface area contributed by atoms with Crippen LogP contribution in [0.3, 0.4) is 0 Å². The van der Waals surface area contributed by atoms with Gasteiger partial charge >= 0.3 is 0 Å². The molecule has 3 heterocycles. The van der Waals surface area contributed by atoms with Crippen molar-refractivity contribution in [3.8, 4) is 0 Å². The Bertz CT molecular complexity index is 787. The number of amides is 1. The van der Waals surface area contributed by atoms with E-state index in [1.54, 1.807) is 6.26 Å². The van der Waals surface area contributed by atoms with E-state index in [0.29, 0.717) is 13.0 Å². The van der Waals surface area contributed by atoms with E-state index in [2.05, 4.69) is 30.6 Å². The lowest BCUT2D eigenvalue weighted by molar-refractivity contribution is -0.121. The fourth-order valence-electron chi connectivity index (χ4n) is 3.56. The van der Waals surface area contributed by atoms with Gasteiger partial charge in [0, 0.05) is 57.8 Å². The van der Waals surface area contributed by atoms with Gasteiger partial charge in [-0.25, -0.2) is 8.42 Å². The zero-order chi connectivity index (χ0) is 20.7. The molecule has 1 atom stereocenters. The normalized spacial score (nSPS) is 22.6. The summed E-state index contributed by atoms with van der Waals surface area (Å²) in [6.07, 6.45) is 2.33. The van der Waals surface area contributed by atoms with Gasteiger partial charge in [0.05, 0.1) is 23.7 Å². The van der Waals surface area contributed by atoms with Gasteiger partial charge in [0.2, 0.25) is 5.91 Å². The van der Waals surface area contributed by atoms with Gasteiger partial charge in [-0.2, -0.15) is 0 Å². The van der Waals surface area contributed by atoms with Gasteiger partial charge in [-0.3, -0.25) is 14.7 Å². The van der Waals surface area contributed by atoms with Crippen LogP contribution < -0.4 is 10.6 Å². The maximum Gasteiger partial charge on any atom is 0.222 e. The Labute approximate surface area is 171 Å². The van der Waals surface area contributed by atoms with Crippen molar-refractivity contribution >= 4 is 21.7 Å². The number of guanidine groups is 1. The Morgan fingerprint density at radius 3 is 2.76 bits per heavy atom. The fourth-order valence-corrected chi connectivity index (χ4v) is 5.24. The minimum absolute atomic E-state index is 0.0449. The highest BCUT2D eigenvalue weighted by Crippen LogP contribution is 2.11. The van der Waals surface area contributed by atoms with E-state index in [0.717, 1.165) is 50.9 Å². The Kier molecular flexibility index (Phi) is 7.48. The second kappa shape index (κ2) is 10.1. The van der Waals surface area contributed by atoms with Crippen LogP contribution >= 0.6 is 0 Å². The summed E-state index contributed by atoms with van der Waals surface area (Å²) in [5.41, 5.74) is 0.931. The van der Waals surface area contributed by atoms with E-state index in [1.807, 2.05) is 13.0 Å². The molecule has 1 amide bonds. The van der Waals surface area contributed by atoms with E-state index in [9.17, 15) is 13.2 Å². The van der Waals surface area contributed by atoms with Crippen LogP contribution in [0.1, 0.15) is 25.5 Å². The molecule has 29 heavy (non-hydrogen) atoms. The Hall–Kier alpha value is -2.14. The van der Waals surface area contributed by atoms with E-state index in [-0.39, 0.29) is 29.9 Å². The summed E-state index contributed by atoms with van der Waals surface area (Å²) in [6, 6.07) is 1.62. The predicted octanol–water partition coefficient (Wildman–Crippen LogP) is -0.549. The molecule has 0 saturated carbocycles. The number of hydrogen-bond acceptors (Lipinski definition) is 7. The van der Waals surface area contributed by atoms with Crippen molar-refractivity contribution in [2.45, 2.75) is 32.4 Å². The first-order valence-corrected chi connectivity index (χ1v) is 11.9. The third-order valence-electron chi connectivity index (χ3n) is 5.08. The molecule has 2 fully saturated rings. The smallest absolute Gasteiger partial charge is 0.222 e. The third-order valence-corrected chi connectivity index (χ3v) is 6.85. The average molecular weight is 427 g/mol.